The Morgan fingerprint density at radius 2 is 1.90 bits per heavy atom. The molecule has 1 fully saturated rings. The third-order valence-corrected chi connectivity index (χ3v) is 4.60. The molecule has 2 rings (SSSR count). The Kier molecular flexibility index (Phi) is 6.60. The van der Waals surface area contributed by atoms with Gasteiger partial charge in [-0.25, -0.2) is 4.79 Å². The van der Waals surface area contributed by atoms with E-state index in [1.807, 2.05) is 0 Å². The lowest BCUT2D eigenvalue weighted by Gasteiger charge is -2.27. The van der Waals surface area contributed by atoms with Gasteiger partial charge < -0.3 is 20.5 Å². The number of carbonyl (C=O) groups excluding carboxylic acids is 3. The van der Waals surface area contributed by atoms with Crippen molar-refractivity contribution in [3.63, 3.8) is 0 Å². The lowest BCUT2D eigenvalue weighted by atomic mass is 10.0. The van der Waals surface area contributed by atoms with Gasteiger partial charge in [0.2, 0.25) is 0 Å². The summed E-state index contributed by atoms with van der Waals surface area (Å²) in [6.45, 7) is 6.17. The molecule has 172 valence electrons. The minimum absolute atomic E-state index is 0.0329. The lowest BCUT2D eigenvalue weighted by molar-refractivity contribution is -0.143. The molecule has 4 amide bonds. The van der Waals surface area contributed by atoms with Crippen molar-refractivity contribution < 1.29 is 37.4 Å². The van der Waals surface area contributed by atoms with Crippen molar-refractivity contribution in [1.29, 1.82) is 0 Å². The van der Waals surface area contributed by atoms with Gasteiger partial charge >= 0.3 is 12.2 Å². The largest absolute Gasteiger partial charge is 0.491 e. The van der Waals surface area contributed by atoms with Gasteiger partial charge in [-0.1, -0.05) is 6.07 Å². The molecule has 1 heterocycles. The Hall–Kier alpha value is -2.82. The van der Waals surface area contributed by atoms with Gasteiger partial charge in [-0.2, -0.15) is 13.2 Å². The highest BCUT2D eigenvalue weighted by Crippen LogP contribution is 2.34. The summed E-state index contributed by atoms with van der Waals surface area (Å²) in [6, 6.07) is 2.59. The third kappa shape index (κ3) is 5.66. The normalized spacial score (nSPS) is 18.1. The van der Waals surface area contributed by atoms with E-state index in [1.54, 1.807) is 13.8 Å². The first-order valence-corrected chi connectivity index (χ1v) is 9.56. The standard InChI is InChI=1S/C20H26F3N3O5/c1-11(2)31-13-7-6-12(14(8-13)20(21,22)23)9-24-15(27)19(5,30)10-26-16(28)18(3,4)25-17(26)29/h6-8,11,30H,9-10H2,1-5H3,(H,24,27)(H,25,29)/t19-/m1/s1. The van der Waals surface area contributed by atoms with Crippen LogP contribution in [0.4, 0.5) is 18.0 Å². The average molecular weight is 445 g/mol. The number of ether oxygens (including phenoxy) is 1. The highest BCUT2D eigenvalue weighted by atomic mass is 19.4. The monoisotopic (exact) mass is 445 g/mol. The molecular formula is C20H26F3N3O5. The Labute approximate surface area is 177 Å². The molecular weight excluding hydrogens is 419 g/mol. The van der Waals surface area contributed by atoms with Gasteiger partial charge in [0.1, 0.15) is 11.3 Å². The van der Waals surface area contributed by atoms with Crippen LogP contribution in [0, 0.1) is 0 Å². The molecule has 0 radical (unpaired) electrons. The van der Waals surface area contributed by atoms with Crippen molar-refractivity contribution in [2.45, 2.75) is 64.6 Å². The van der Waals surface area contributed by atoms with Crippen molar-refractivity contribution in [2.24, 2.45) is 0 Å². The Morgan fingerprint density at radius 3 is 2.39 bits per heavy atom. The third-order valence-electron chi connectivity index (χ3n) is 4.60. The Bertz CT molecular complexity index is 881. The van der Waals surface area contributed by atoms with E-state index in [0.717, 1.165) is 13.0 Å². The number of alkyl halides is 3. The molecule has 0 bridgehead atoms. The molecule has 0 unspecified atom stereocenters. The number of nitrogens with one attached hydrogen (secondary N) is 2. The predicted octanol–water partition coefficient (Wildman–Crippen LogP) is 2.19. The van der Waals surface area contributed by atoms with Gasteiger partial charge in [-0.15, -0.1) is 0 Å². The minimum atomic E-state index is -4.69. The van der Waals surface area contributed by atoms with E-state index in [2.05, 4.69) is 10.6 Å². The van der Waals surface area contributed by atoms with E-state index in [1.165, 1.54) is 26.0 Å². The van der Waals surface area contributed by atoms with Crippen LogP contribution in [0.15, 0.2) is 18.2 Å². The van der Waals surface area contributed by atoms with Crippen molar-refractivity contribution in [1.82, 2.24) is 15.5 Å². The summed E-state index contributed by atoms with van der Waals surface area (Å²) < 4.78 is 45.6. The minimum Gasteiger partial charge on any atom is -0.491 e. The molecule has 1 aromatic rings. The Balaban J connectivity index is 2.14. The number of β-amino-alcohol motifs (C(OH)–C–C–N with tert-alkyl or cyclic N) is 1. The van der Waals surface area contributed by atoms with E-state index in [4.69, 9.17) is 4.74 Å². The highest BCUT2D eigenvalue weighted by molar-refractivity contribution is 6.07. The van der Waals surface area contributed by atoms with E-state index >= 15 is 0 Å². The van der Waals surface area contributed by atoms with E-state index in [9.17, 15) is 32.7 Å². The summed E-state index contributed by atoms with van der Waals surface area (Å²) in [4.78, 5) is 37.3. The maximum Gasteiger partial charge on any atom is 0.416 e. The van der Waals surface area contributed by atoms with Crippen LogP contribution in [0.2, 0.25) is 0 Å². The van der Waals surface area contributed by atoms with Gasteiger partial charge in [0.15, 0.2) is 5.60 Å². The number of nitrogens with zero attached hydrogens (tertiary/aromatic N) is 1. The molecule has 11 heteroatoms. The quantitative estimate of drug-likeness (QED) is 0.558. The summed E-state index contributed by atoms with van der Waals surface area (Å²) in [5, 5.41) is 15.1. The molecule has 1 aliphatic heterocycles. The molecule has 0 saturated carbocycles. The van der Waals surface area contributed by atoms with Crippen molar-refractivity contribution in [2.75, 3.05) is 6.54 Å². The SMILES string of the molecule is CC(C)Oc1ccc(CNC(=O)[C@](C)(O)CN2C(=O)NC(C)(C)C2=O)c(C(F)(F)F)c1. The number of hydrogen-bond acceptors (Lipinski definition) is 5. The first-order valence-electron chi connectivity index (χ1n) is 9.56. The van der Waals surface area contributed by atoms with Crippen LogP contribution >= 0.6 is 0 Å². The first kappa shape index (κ1) is 24.4. The number of rotatable bonds is 7. The van der Waals surface area contributed by atoms with Gasteiger partial charge in [-0.05, 0) is 52.3 Å². The van der Waals surface area contributed by atoms with E-state index in [-0.39, 0.29) is 17.4 Å². The second-order valence-corrected chi connectivity index (χ2v) is 8.39. The highest BCUT2D eigenvalue weighted by Gasteiger charge is 2.48. The number of urea groups is 1. The van der Waals surface area contributed by atoms with Crippen LogP contribution in [0.1, 0.15) is 45.7 Å². The smallest absolute Gasteiger partial charge is 0.416 e. The lowest BCUT2D eigenvalue weighted by Crippen LogP contribution is -2.53. The number of halogens is 3. The molecule has 1 aromatic carbocycles. The zero-order valence-corrected chi connectivity index (χ0v) is 17.9. The average Bonchev–Trinajstić information content (AvgIpc) is 2.80. The first-order chi connectivity index (χ1) is 14.0. The Morgan fingerprint density at radius 1 is 1.29 bits per heavy atom. The maximum atomic E-state index is 13.4. The number of amides is 4. The number of aliphatic hydroxyl groups is 1. The number of benzene rings is 1. The van der Waals surface area contributed by atoms with Crippen LogP contribution in [-0.2, 0) is 22.3 Å². The van der Waals surface area contributed by atoms with Gasteiger partial charge in [-0.3, -0.25) is 14.5 Å². The summed E-state index contributed by atoms with van der Waals surface area (Å²) in [5.41, 5.74) is -4.62. The van der Waals surface area contributed by atoms with Crippen LogP contribution in [0.5, 0.6) is 5.75 Å². The van der Waals surface area contributed by atoms with E-state index in [0.29, 0.717) is 4.90 Å². The van der Waals surface area contributed by atoms with Crippen LogP contribution in [-0.4, -0.2) is 51.6 Å². The van der Waals surface area contributed by atoms with E-state index < -0.39 is 53.8 Å². The van der Waals surface area contributed by atoms with Crippen molar-refractivity contribution in [3.8, 4) is 5.75 Å². The topological polar surface area (TPSA) is 108 Å². The fourth-order valence-electron chi connectivity index (χ4n) is 3.03. The molecule has 8 nitrogen and oxygen atoms in total. The molecule has 3 N–H and O–H groups in total. The number of hydrogen-bond donors (Lipinski definition) is 3. The van der Waals surface area contributed by atoms with Crippen molar-refractivity contribution in [3.05, 3.63) is 29.3 Å². The second-order valence-electron chi connectivity index (χ2n) is 8.39. The molecule has 0 aliphatic carbocycles. The number of imide groups is 1. The molecule has 31 heavy (non-hydrogen) atoms. The summed E-state index contributed by atoms with van der Waals surface area (Å²) in [7, 11) is 0. The van der Waals surface area contributed by atoms with Gasteiger partial charge in [0.25, 0.3) is 11.8 Å². The molecule has 0 aromatic heterocycles. The fraction of sp³-hybridized carbons (Fsp3) is 0.550. The molecule has 1 aliphatic rings. The van der Waals surface area contributed by atoms with Crippen LogP contribution in [0.25, 0.3) is 0 Å². The predicted molar refractivity (Wildman–Crippen MR) is 104 cm³/mol. The molecule has 1 saturated heterocycles. The zero-order chi connectivity index (χ0) is 23.8. The van der Waals surface area contributed by atoms with Crippen molar-refractivity contribution >= 4 is 17.8 Å². The number of carbonyl (C=O) groups is 3. The van der Waals surface area contributed by atoms with Crippen LogP contribution in [0.3, 0.4) is 0 Å². The molecule has 0 spiro atoms. The summed E-state index contributed by atoms with van der Waals surface area (Å²) in [6.07, 6.45) is -5.01. The van der Waals surface area contributed by atoms with Gasteiger partial charge in [0.05, 0.1) is 18.2 Å². The maximum absolute atomic E-state index is 13.4. The summed E-state index contributed by atoms with van der Waals surface area (Å²) >= 11 is 0. The zero-order valence-electron chi connectivity index (χ0n) is 17.9. The fourth-order valence-corrected chi connectivity index (χ4v) is 3.03. The van der Waals surface area contributed by atoms with Gasteiger partial charge in [0, 0.05) is 6.54 Å². The second kappa shape index (κ2) is 8.37. The molecule has 1 atom stereocenters. The van der Waals surface area contributed by atoms with Crippen LogP contribution < -0.4 is 15.4 Å². The summed E-state index contributed by atoms with van der Waals surface area (Å²) in [5.74, 6) is -1.63.